The largest absolute Gasteiger partial charge is 0.497 e. The van der Waals surface area contributed by atoms with Crippen LogP contribution in [0.25, 0.3) is 17.1 Å². The molecule has 3 rings (SSSR count). The van der Waals surface area contributed by atoms with Gasteiger partial charge in [0.2, 0.25) is 0 Å². The van der Waals surface area contributed by atoms with Crippen LogP contribution >= 0.6 is 11.6 Å². The lowest BCUT2D eigenvalue weighted by atomic mass is 10.0. The fourth-order valence-corrected chi connectivity index (χ4v) is 2.71. The van der Waals surface area contributed by atoms with Gasteiger partial charge in [-0.3, -0.25) is 9.59 Å². The SMILES string of the molecule is COc1ccc(/C=C/C(=O)c2c(C)c3nc(Cl)ccc3[nH]c2=O)cc1. The van der Waals surface area contributed by atoms with E-state index in [1.165, 1.54) is 6.08 Å². The molecule has 0 aliphatic rings. The Bertz CT molecular complexity index is 1040. The van der Waals surface area contributed by atoms with E-state index >= 15 is 0 Å². The number of benzene rings is 1. The van der Waals surface area contributed by atoms with Gasteiger partial charge in [0, 0.05) is 0 Å². The number of aromatic amines is 1. The molecule has 5 nitrogen and oxygen atoms in total. The maximum absolute atomic E-state index is 12.5. The lowest BCUT2D eigenvalue weighted by Gasteiger charge is -2.06. The normalized spacial score (nSPS) is 11.2. The number of allylic oxidation sites excluding steroid dienone is 1. The van der Waals surface area contributed by atoms with Gasteiger partial charge in [-0.1, -0.05) is 29.8 Å². The van der Waals surface area contributed by atoms with E-state index in [9.17, 15) is 9.59 Å². The molecule has 0 atom stereocenters. The number of pyridine rings is 2. The minimum absolute atomic E-state index is 0.0621. The summed E-state index contributed by atoms with van der Waals surface area (Å²) in [7, 11) is 1.59. The highest BCUT2D eigenvalue weighted by Gasteiger charge is 2.15. The van der Waals surface area contributed by atoms with Crippen LogP contribution in [0.3, 0.4) is 0 Å². The number of halogens is 1. The summed E-state index contributed by atoms with van der Waals surface area (Å²) in [5.41, 5.74) is 2.00. The van der Waals surface area contributed by atoms with Crippen molar-refractivity contribution in [1.82, 2.24) is 9.97 Å². The molecular formula is C19H15ClN2O3. The maximum Gasteiger partial charge on any atom is 0.260 e. The molecular weight excluding hydrogens is 340 g/mol. The molecule has 25 heavy (non-hydrogen) atoms. The summed E-state index contributed by atoms with van der Waals surface area (Å²) >= 11 is 5.92. The maximum atomic E-state index is 12.5. The quantitative estimate of drug-likeness (QED) is 0.439. The molecule has 0 fully saturated rings. The number of aromatic nitrogens is 2. The van der Waals surface area contributed by atoms with Crippen molar-refractivity contribution >= 4 is 34.5 Å². The monoisotopic (exact) mass is 354 g/mol. The highest BCUT2D eigenvalue weighted by molar-refractivity contribution is 6.29. The molecule has 0 saturated heterocycles. The predicted octanol–water partition coefficient (Wildman–Crippen LogP) is 3.79. The summed E-state index contributed by atoms with van der Waals surface area (Å²) in [6.45, 7) is 1.69. The van der Waals surface area contributed by atoms with Gasteiger partial charge >= 0.3 is 0 Å². The number of H-pyrrole nitrogens is 1. The van der Waals surface area contributed by atoms with E-state index in [0.29, 0.717) is 21.7 Å². The van der Waals surface area contributed by atoms with Crippen LogP contribution in [0.15, 0.2) is 47.3 Å². The van der Waals surface area contributed by atoms with Crippen LogP contribution in [0.4, 0.5) is 0 Å². The number of aryl methyl sites for hydroxylation is 1. The van der Waals surface area contributed by atoms with Crippen LogP contribution in [0.1, 0.15) is 21.5 Å². The first kappa shape index (κ1) is 16.9. The molecule has 1 aromatic carbocycles. The Hall–Kier alpha value is -2.92. The van der Waals surface area contributed by atoms with Crippen LogP contribution in [0.2, 0.25) is 5.15 Å². The van der Waals surface area contributed by atoms with E-state index in [2.05, 4.69) is 9.97 Å². The third kappa shape index (κ3) is 3.46. The first-order chi connectivity index (χ1) is 12.0. The van der Waals surface area contributed by atoms with E-state index in [-0.39, 0.29) is 5.56 Å². The number of ether oxygens (including phenoxy) is 1. The van der Waals surface area contributed by atoms with Crippen molar-refractivity contribution in [2.75, 3.05) is 7.11 Å². The number of nitrogens with one attached hydrogen (secondary N) is 1. The number of rotatable bonds is 4. The molecule has 0 bridgehead atoms. The minimum atomic E-state index is -0.446. The van der Waals surface area contributed by atoms with E-state index in [4.69, 9.17) is 16.3 Å². The van der Waals surface area contributed by atoms with Crippen LogP contribution < -0.4 is 10.3 Å². The number of ketones is 1. The van der Waals surface area contributed by atoms with Gasteiger partial charge in [-0.05, 0) is 48.4 Å². The summed E-state index contributed by atoms with van der Waals surface area (Å²) in [6.07, 6.45) is 3.02. The van der Waals surface area contributed by atoms with E-state index in [1.807, 2.05) is 12.1 Å². The van der Waals surface area contributed by atoms with Gasteiger partial charge in [0.05, 0.1) is 23.7 Å². The molecule has 0 amide bonds. The van der Waals surface area contributed by atoms with Crippen molar-refractivity contribution in [3.05, 3.63) is 74.7 Å². The molecule has 126 valence electrons. The van der Waals surface area contributed by atoms with E-state index < -0.39 is 11.3 Å². The Balaban J connectivity index is 1.98. The number of methoxy groups -OCH3 is 1. The van der Waals surface area contributed by atoms with Crippen molar-refractivity contribution in [3.63, 3.8) is 0 Å². The third-order valence-electron chi connectivity index (χ3n) is 3.86. The van der Waals surface area contributed by atoms with E-state index in [0.717, 1.165) is 11.3 Å². The summed E-state index contributed by atoms with van der Waals surface area (Å²) in [4.78, 5) is 31.7. The zero-order chi connectivity index (χ0) is 18.0. The van der Waals surface area contributed by atoms with Crippen molar-refractivity contribution in [3.8, 4) is 5.75 Å². The zero-order valence-electron chi connectivity index (χ0n) is 13.7. The Labute approximate surface area is 148 Å². The molecule has 0 saturated carbocycles. The molecule has 0 unspecified atom stereocenters. The highest BCUT2D eigenvalue weighted by Crippen LogP contribution is 2.19. The molecule has 0 aliphatic heterocycles. The molecule has 6 heteroatoms. The topological polar surface area (TPSA) is 72.0 Å². The van der Waals surface area contributed by atoms with Gasteiger partial charge in [-0.25, -0.2) is 4.98 Å². The van der Waals surface area contributed by atoms with Gasteiger partial charge in [0.25, 0.3) is 5.56 Å². The molecule has 2 heterocycles. The molecule has 1 N–H and O–H groups in total. The summed E-state index contributed by atoms with van der Waals surface area (Å²) in [5, 5.41) is 0.301. The van der Waals surface area contributed by atoms with Crippen LogP contribution in [-0.4, -0.2) is 22.9 Å². The van der Waals surface area contributed by atoms with Crippen LogP contribution in [-0.2, 0) is 0 Å². The van der Waals surface area contributed by atoms with Crippen molar-refractivity contribution < 1.29 is 9.53 Å². The molecule has 0 radical (unpaired) electrons. The van der Waals surface area contributed by atoms with Crippen molar-refractivity contribution in [2.24, 2.45) is 0 Å². The third-order valence-corrected chi connectivity index (χ3v) is 4.07. The Kier molecular flexibility index (Phi) is 4.67. The van der Waals surface area contributed by atoms with Crippen LogP contribution in [0, 0.1) is 6.92 Å². The first-order valence-corrected chi connectivity index (χ1v) is 7.93. The molecule has 0 spiro atoms. The van der Waals surface area contributed by atoms with Gasteiger partial charge in [0.15, 0.2) is 5.78 Å². The first-order valence-electron chi connectivity index (χ1n) is 7.55. The standard InChI is InChI=1S/C19H15ClN2O3/c1-11-17(19(24)21-14-8-10-16(20)22-18(11)14)15(23)9-5-12-3-6-13(25-2)7-4-12/h3-10H,1-2H3,(H,21,24)/b9-5+. The number of hydrogen-bond acceptors (Lipinski definition) is 4. The van der Waals surface area contributed by atoms with Gasteiger partial charge in [-0.2, -0.15) is 0 Å². The summed E-state index contributed by atoms with van der Waals surface area (Å²) < 4.78 is 5.09. The average Bonchev–Trinajstić information content (AvgIpc) is 2.61. The molecule has 0 aliphatic carbocycles. The fourth-order valence-electron chi connectivity index (χ4n) is 2.56. The Morgan fingerprint density at radius 3 is 2.60 bits per heavy atom. The number of hydrogen-bond donors (Lipinski definition) is 1. The summed E-state index contributed by atoms with van der Waals surface area (Å²) in [5.74, 6) is 0.339. The number of nitrogens with zero attached hydrogens (tertiary/aromatic N) is 1. The van der Waals surface area contributed by atoms with Crippen molar-refractivity contribution in [1.29, 1.82) is 0 Å². The summed E-state index contributed by atoms with van der Waals surface area (Å²) in [6, 6.07) is 10.5. The van der Waals surface area contributed by atoms with Crippen molar-refractivity contribution in [2.45, 2.75) is 6.92 Å². The second kappa shape index (κ2) is 6.91. The van der Waals surface area contributed by atoms with E-state index in [1.54, 1.807) is 44.4 Å². The van der Waals surface area contributed by atoms with Gasteiger partial charge in [0.1, 0.15) is 10.9 Å². The lowest BCUT2D eigenvalue weighted by Crippen LogP contribution is -2.19. The molecule has 2 aromatic heterocycles. The number of fused-ring (bicyclic) bond motifs is 1. The fraction of sp³-hybridized carbons (Fsp3) is 0.105. The second-order valence-corrected chi connectivity index (χ2v) is 5.84. The number of carbonyl (C=O) groups excluding carboxylic acids is 1. The zero-order valence-corrected chi connectivity index (χ0v) is 14.4. The molecule has 3 aromatic rings. The lowest BCUT2D eigenvalue weighted by molar-refractivity contribution is 0.104. The highest BCUT2D eigenvalue weighted by atomic mass is 35.5. The van der Waals surface area contributed by atoms with Gasteiger partial charge < -0.3 is 9.72 Å². The second-order valence-electron chi connectivity index (χ2n) is 5.46. The minimum Gasteiger partial charge on any atom is -0.497 e. The smallest absolute Gasteiger partial charge is 0.260 e. The average molecular weight is 355 g/mol. The van der Waals surface area contributed by atoms with Gasteiger partial charge in [-0.15, -0.1) is 0 Å². The predicted molar refractivity (Wildman–Crippen MR) is 98.5 cm³/mol. The number of carbonyl (C=O) groups is 1. The Morgan fingerprint density at radius 1 is 1.20 bits per heavy atom. The van der Waals surface area contributed by atoms with Crippen LogP contribution in [0.5, 0.6) is 5.75 Å². The Morgan fingerprint density at radius 2 is 1.92 bits per heavy atom.